The van der Waals surface area contributed by atoms with Crippen LogP contribution < -0.4 is 0 Å². The Bertz CT molecular complexity index is 593. The predicted molar refractivity (Wildman–Crippen MR) is 70.9 cm³/mol. The van der Waals surface area contributed by atoms with Crippen molar-refractivity contribution in [2.24, 2.45) is 5.92 Å². The molecule has 0 fully saturated rings. The highest BCUT2D eigenvalue weighted by atomic mass is 35.5. The second kappa shape index (κ2) is 4.63. The van der Waals surface area contributed by atoms with Crippen molar-refractivity contribution in [3.63, 3.8) is 0 Å². The van der Waals surface area contributed by atoms with Crippen LogP contribution in [0.25, 0.3) is 10.9 Å². The molecule has 0 atom stereocenters. The lowest BCUT2D eigenvalue weighted by atomic mass is 9.98. The lowest BCUT2D eigenvalue weighted by Gasteiger charge is -2.09. The molecule has 0 unspecified atom stereocenters. The van der Waals surface area contributed by atoms with Crippen LogP contribution in [0.3, 0.4) is 0 Å². The summed E-state index contributed by atoms with van der Waals surface area (Å²) >= 11 is 12.0. The van der Waals surface area contributed by atoms with Crippen molar-refractivity contribution in [2.75, 3.05) is 0 Å². The lowest BCUT2D eigenvalue weighted by molar-refractivity contribution is 0.0941. The molecule has 1 aromatic carbocycles. The summed E-state index contributed by atoms with van der Waals surface area (Å²) in [4.78, 5) is 16.3. The van der Waals surface area contributed by atoms with Crippen LogP contribution in [-0.4, -0.2) is 10.8 Å². The average Bonchev–Trinajstić information content (AvgIpc) is 2.28. The van der Waals surface area contributed by atoms with Crippen LogP contribution in [0.5, 0.6) is 0 Å². The summed E-state index contributed by atoms with van der Waals surface area (Å²) in [7, 11) is 0. The summed E-state index contributed by atoms with van der Waals surface area (Å²) in [6.07, 6.45) is 1.53. The van der Waals surface area contributed by atoms with Crippen LogP contribution in [-0.2, 0) is 0 Å². The van der Waals surface area contributed by atoms with E-state index >= 15 is 0 Å². The van der Waals surface area contributed by atoms with Gasteiger partial charge in [-0.25, -0.2) is 0 Å². The quantitative estimate of drug-likeness (QED) is 0.756. The van der Waals surface area contributed by atoms with Gasteiger partial charge in [0.2, 0.25) is 0 Å². The van der Waals surface area contributed by atoms with Gasteiger partial charge in [-0.05, 0) is 12.1 Å². The van der Waals surface area contributed by atoms with Crippen molar-refractivity contribution >= 4 is 39.9 Å². The van der Waals surface area contributed by atoms with Gasteiger partial charge in [-0.2, -0.15) is 0 Å². The fourth-order valence-electron chi connectivity index (χ4n) is 1.67. The van der Waals surface area contributed by atoms with Gasteiger partial charge in [0.1, 0.15) is 0 Å². The predicted octanol–water partition coefficient (Wildman–Crippen LogP) is 4.38. The molecule has 0 radical (unpaired) electrons. The zero-order valence-corrected chi connectivity index (χ0v) is 11.0. The number of aromatic nitrogens is 1. The Morgan fingerprint density at radius 3 is 2.65 bits per heavy atom. The second-order valence-corrected chi connectivity index (χ2v) is 5.01. The van der Waals surface area contributed by atoms with Crippen LogP contribution >= 0.6 is 23.2 Å². The molecule has 1 aromatic heterocycles. The molecule has 0 amide bonds. The molecular weight excluding hydrogens is 257 g/mol. The Morgan fingerprint density at radius 1 is 1.29 bits per heavy atom. The van der Waals surface area contributed by atoms with E-state index in [0.29, 0.717) is 21.1 Å². The Hall–Kier alpha value is -1.12. The molecule has 0 aliphatic carbocycles. The summed E-state index contributed by atoms with van der Waals surface area (Å²) < 4.78 is 0. The van der Waals surface area contributed by atoms with Gasteiger partial charge < -0.3 is 0 Å². The summed E-state index contributed by atoms with van der Waals surface area (Å²) in [5.74, 6) is -0.119. The topological polar surface area (TPSA) is 30.0 Å². The van der Waals surface area contributed by atoms with E-state index in [2.05, 4.69) is 4.98 Å². The monoisotopic (exact) mass is 267 g/mol. The van der Waals surface area contributed by atoms with E-state index in [-0.39, 0.29) is 11.7 Å². The molecule has 2 nitrogen and oxygen atoms in total. The standard InChI is InChI=1S/C13H11Cl2NO/c1-7(2)13(17)11-10(15)4-3-8-5-9(14)6-16-12(8)11/h3-7H,1-2H3. The van der Waals surface area contributed by atoms with Crippen LogP contribution in [0.4, 0.5) is 0 Å². The highest BCUT2D eigenvalue weighted by Gasteiger charge is 2.18. The molecule has 0 saturated carbocycles. The number of rotatable bonds is 2. The fourth-order valence-corrected chi connectivity index (χ4v) is 2.09. The molecule has 0 spiro atoms. The molecule has 0 aliphatic rings. The summed E-state index contributed by atoms with van der Waals surface area (Å²) in [5, 5.41) is 1.81. The first-order chi connectivity index (χ1) is 8.00. The van der Waals surface area contributed by atoms with E-state index in [4.69, 9.17) is 23.2 Å². The fraction of sp³-hybridized carbons (Fsp3) is 0.231. The molecule has 17 heavy (non-hydrogen) atoms. The van der Waals surface area contributed by atoms with E-state index in [9.17, 15) is 4.79 Å². The van der Waals surface area contributed by atoms with Gasteiger partial charge in [-0.1, -0.05) is 43.1 Å². The number of hydrogen-bond acceptors (Lipinski definition) is 2. The number of benzene rings is 1. The minimum atomic E-state index is -0.115. The number of halogens is 2. The van der Waals surface area contributed by atoms with Crippen molar-refractivity contribution in [2.45, 2.75) is 13.8 Å². The summed E-state index contributed by atoms with van der Waals surface area (Å²) in [6.45, 7) is 3.68. The van der Waals surface area contributed by atoms with Crippen molar-refractivity contribution in [1.82, 2.24) is 4.98 Å². The molecule has 2 aromatic rings. The van der Waals surface area contributed by atoms with E-state index in [0.717, 1.165) is 5.39 Å². The number of carbonyl (C=O) groups excluding carboxylic acids is 1. The lowest BCUT2D eigenvalue weighted by Crippen LogP contribution is -2.09. The number of nitrogens with zero attached hydrogens (tertiary/aromatic N) is 1. The van der Waals surface area contributed by atoms with E-state index in [1.165, 1.54) is 6.20 Å². The maximum Gasteiger partial charge on any atom is 0.169 e. The third-order valence-corrected chi connectivity index (χ3v) is 3.06. The van der Waals surface area contributed by atoms with Crippen molar-refractivity contribution in [1.29, 1.82) is 0 Å². The Labute approximate surface area is 110 Å². The van der Waals surface area contributed by atoms with Gasteiger partial charge in [0.15, 0.2) is 5.78 Å². The molecule has 2 rings (SSSR count). The average molecular weight is 268 g/mol. The maximum atomic E-state index is 12.1. The van der Waals surface area contributed by atoms with Gasteiger partial charge in [0.05, 0.1) is 21.1 Å². The molecule has 0 N–H and O–H groups in total. The van der Waals surface area contributed by atoms with E-state index in [1.54, 1.807) is 12.1 Å². The molecule has 0 bridgehead atoms. The number of Topliss-reactive ketones (excluding diaryl/α,β-unsaturated/α-hetero) is 1. The smallest absolute Gasteiger partial charge is 0.169 e. The SMILES string of the molecule is CC(C)C(=O)c1c(Cl)ccc2cc(Cl)cnc12. The molecule has 0 aliphatic heterocycles. The molecule has 4 heteroatoms. The van der Waals surface area contributed by atoms with Gasteiger partial charge in [-0.15, -0.1) is 0 Å². The second-order valence-electron chi connectivity index (χ2n) is 4.17. The zero-order valence-electron chi connectivity index (χ0n) is 9.50. The Morgan fingerprint density at radius 2 is 2.00 bits per heavy atom. The number of ketones is 1. The van der Waals surface area contributed by atoms with Crippen LogP contribution in [0.2, 0.25) is 10.0 Å². The molecule has 1 heterocycles. The summed E-state index contributed by atoms with van der Waals surface area (Å²) in [5.41, 5.74) is 1.09. The minimum absolute atomic E-state index is 0.00424. The van der Waals surface area contributed by atoms with Gasteiger partial charge in [-0.3, -0.25) is 9.78 Å². The van der Waals surface area contributed by atoms with Crippen molar-refractivity contribution < 1.29 is 4.79 Å². The molecular formula is C13H11Cl2NO. The number of fused-ring (bicyclic) bond motifs is 1. The third kappa shape index (κ3) is 2.28. The van der Waals surface area contributed by atoms with Crippen molar-refractivity contribution in [3.05, 3.63) is 40.0 Å². The van der Waals surface area contributed by atoms with Gasteiger partial charge in [0.25, 0.3) is 0 Å². The van der Waals surface area contributed by atoms with E-state index < -0.39 is 0 Å². The number of hydrogen-bond donors (Lipinski definition) is 0. The Balaban J connectivity index is 2.76. The normalized spacial score (nSPS) is 11.1. The molecule has 0 saturated heterocycles. The van der Waals surface area contributed by atoms with Crippen LogP contribution in [0, 0.1) is 5.92 Å². The van der Waals surface area contributed by atoms with Crippen LogP contribution in [0.15, 0.2) is 24.4 Å². The van der Waals surface area contributed by atoms with Gasteiger partial charge in [0, 0.05) is 17.5 Å². The highest BCUT2D eigenvalue weighted by molar-refractivity contribution is 6.36. The number of pyridine rings is 1. The first kappa shape index (κ1) is 12.3. The minimum Gasteiger partial charge on any atom is -0.294 e. The summed E-state index contributed by atoms with van der Waals surface area (Å²) in [6, 6.07) is 5.29. The first-order valence-electron chi connectivity index (χ1n) is 5.28. The Kier molecular flexibility index (Phi) is 3.36. The van der Waals surface area contributed by atoms with Crippen molar-refractivity contribution in [3.8, 4) is 0 Å². The van der Waals surface area contributed by atoms with Crippen LogP contribution in [0.1, 0.15) is 24.2 Å². The van der Waals surface area contributed by atoms with Gasteiger partial charge >= 0.3 is 0 Å². The van der Waals surface area contributed by atoms with E-state index in [1.807, 2.05) is 19.9 Å². The third-order valence-electron chi connectivity index (χ3n) is 2.54. The number of carbonyl (C=O) groups is 1. The maximum absolute atomic E-state index is 12.1. The highest BCUT2D eigenvalue weighted by Crippen LogP contribution is 2.28. The first-order valence-corrected chi connectivity index (χ1v) is 6.04. The largest absolute Gasteiger partial charge is 0.294 e. The molecule has 88 valence electrons. The zero-order chi connectivity index (χ0) is 12.6.